The molecule has 2 aromatic rings. The molecule has 7 heteroatoms. The first-order valence-corrected chi connectivity index (χ1v) is 6.42. The second kappa shape index (κ2) is 5.57. The first kappa shape index (κ1) is 13.8. The maximum atomic E-state index is 9.21. The van der Waals surface area contributed by atoms with Crippen molar-refractivity contribution >= 4 is 11.6 Å². The highest BCUT2D eigenvalue weighted by molar-refractivity contribution is 5.65. The highest BCUT2D eigenvalue weighted by Gasteiger charge is 2.17. The minimum Gasteiger partial charge on any atom is -0.382 e. The number of hydrogen-bond acceptors (Lipinski definition) is 6. The van der Waals surface area contributed by atoms with Crippen LogP contribution in [0.2, 0.25) is 0 Å². The molecule has 0 aliphatic carbocycles. The minimum absolute atomic E-state index is 0.281. The third-order valence-corrected chi connectivity index (χ3v) is 2.74. The Morgan fingerprint density at radius 1 is 1.40 bits per heavy atom. The summed E-state index contributed by atoms with van der Waals surface area (Å²) in [6, 6.07) is 3.86. The number of aromatic nitrogens is 4. The molecule has 0 amide bonds. The molecule has 3 N–H and O–H groups in total. The molecule has 0 spiro atoms. The highest BCUT2D eigenvalue weighted by atomic mass is 15.4. The van der Waals surface area contributed by atoms with Gasteiger partial charge in [-0.2, -0.15) is 9.94 Å². The molecule has 0 aromatic carbocycles. The zero-order valence-corrected chi connectivity index (χ0v) is 11.8. The zero-order chi connectivity index (χ0) is 14.7. The van der Waals surface area contributed by atoms with Gasteiger partial charge >= 0.3 is 0 Å². The quantitative estimate of drug-likeness (QED) is 0.874. The molecule has 0 aliphatic rings. The number of nitrogens with two attached hydrogens (primary N) is 1. The van der Waals surface area contributed by atoms with Gasteiger partial charge in [0.05, 0.1) is 0 Å². The maximum absolute atomic E-state index is 9.21. The average molecular weight is 271 g/mol. The molecule has 2 rings (SSSR count). The number of anilines is 2. The standard InChI is InChI=1S/C13H17N7/c1-4-5-16-13-10(7-14)12(15)20(19-13)11-6-8(2)17-9(3)18-11/h6H,4-5,15H2,1-3H3,(H,16,19). The molecule has 2 heterocycles. The Morgan fingerprint density at radius 3 is 2.75 bits per heavy atom. The number of nitrogens with one attached hydrogen (secondary N) is 1. The van der Waals surface area contributed by atoms with Crippen molar-refractivity contribution in [2.45, 2.75) is 27.2 Å². The lowest BCUT2D eigenvalue weighted by Crippen LogP contribution is -2.07. The summed E-state index contributed by atoms with van der Waals surface area (Å²) in [5.41, 5.74) is 7.16. The lowest BCUT2D eigenvalue weighted by molar-refractivity contribution is 0.828. The Morgan fingerprint density at radius 2 is 2.15 bits per heavy atom. The van der Waals surface area contributed by atoms with Gasteiger partial charge in [0.25, 0.3) is 0 Å². The van der Waals surface area contributed by atoms with Crippen molar-refractivity contribution in [1.82, 2.24) is 19.7 Å². The number of nitrogen functional groups attached to an aromatic ring is 1. The van der Waals surface area contributed by atoms with Gasteiger partial charge in [-0.05, 0) is 20.3 Å². The van der Waals surface area contributed by atoms with E-state index in [-0.39, 0.29) is 5.82 Å². The number of nitrogens with zero attached hydrogens (tertiary/aromatic N) is 5. The molecule has 0 saturated heterocycles. The molecule has 7 nitrogen and oxygen atoms in total. The fraction of sp³-hybridized carbons (Fsp3) is 0.385. The molecule has 0 saturated carbocycles. The van der Waals surface area contributed by atoms with Gasteiger partial charge in [-0.3, -0.25) is 0 Å². The molecular formula is C13H17N7. The van der Waals surface area contributed by atoms with Crippen LogP contribution in [0.15, 0.2) is 6.07 Å². The normalized spacial score (nSPS) is 10.3. The molecule has 0 bridgehead atoms. The fourth-order valence-electron chi connectivity index (χ4n) is 1.89. The van der Waals surface area contributed by atoms with Crippen LogP contribution in [0.4, 0.5) is 11.6 Å². The Bertz CT molecular complexity index is 646. The largest absolute Gasteiger partial charge is 0.382 e. The van der Waals surface area contributed by atoms with Crippen molar-refractivity contribution in [1.29, 1.82) is 5.26 Å². The molecule has 104 valence electrons. The van der Waals surface area contributed by atoms with Gasteiger partial charge in [0.15, 0.2) is 11.6 Å². The fourth-order valence-corrected chi connectivity index (χ4v) is 1.89. The number of rotatable bonds is 4. The molecule has 0 radical (unpaired) electrons. The lowest BCUT2D eigenvalue weighted by Gasteiger charge is -2.04. The van der Waals surface area contributed by atoms with Crippen LogP contribution in [0.3, 0.4) is 0 Å². The van der Waals surface area contributed by atoms with Crippen molar-refractivity contribution in [3.05, 3.63) is 23.1 Å². The molecule has 0 atom stereocenters. The summed E-state index contributed by atoms with van der Waals surface area (Å²) in [5.74, 6) is 1.97. The van der Waals surface area contributed by atoms with Crippen LogP contribution in [-0.2, 0) is 0 Å². The van der Waals surface area contributed by atoms with E-state index in [0.29, 0.717) is 23.0 Å². The number of hydrogen-bond donors (Lipinski definition) is 2. The highest BCUT2D eigenvalue weighted by Crippen LogP contribution is 2.23. The lowest BCUT2D eigenvalue weighted by atomic mass is 10.3. The van der Waals surface area contributed by atoms with Crippen molar-refractivity contribution in [3.63, 3.8) is 0 Å². The summed E-state index contributed by atoms with van der Waals surface area (Å²) >= 11 is 0. The van der Waals surface area contributed by atoms with Gasteiger partial charge in [0.2, 0.25) is 0 Å². The maximum Gasteiger partial charge on any atom is 0.168 e. The second-order valence-corrected chi connectivity index (χ2v) is 4.47. The average Bonchev–Trinajstić information content (AvgIpc) is 2.71. The summed E-state index contributed by atoms with van der Waals surface area (Å²) in [5, 5.41) is 16.6. The first-order valence-electron chi connectivity index (χ1n) is 6.42. The summed E-state index contributed by atoms with van der Waals surface area (Å²) in [7, 11) is 0. The molecule has 2 aromatic heterocycles. The van der Waals surface area contributed by atoms with E-state index in [4.69, 9.17) is 5.73 Å². The molecular weight excluding hydrogens is 254 g/mol. The van der Waals surface area contributed by atoms with E-state index in [1.54, 1.807) is 13.0 Å². The second-order valence-electron chi connectivity index (χ2n) is 4.47. The Kier molecular flexibility index (Phi) is 3.84. The van der Waals surface area contributed by atoms with Gasteiger partial charge in [-0.1, -0.05) is 6.92 Å². The van der Waals surface area contributed by atoms with Gasteiger partial charge < -0.3 is 11.1 Å². The van der Waals surface area contributed by atoms with Crippen LogP contribution in [0.5, 0.6) is 0 Å². The molecule has 0 unspecified atom stereocenters. The first-order chi connectivity index (χ1) is 9.56. The third-order valence-electron chi connectivity index (χ3n) is 2.74. The summed E-state index contributed by atoms with van der Waals surface area (Å²) in [4.78, 5) is 8.52. The van der Waals surface area contributed by atoms with Crippen molar-refractivity contribution < 1.29 is 0 Å². The van der Waals surface area contributed by atoms with Crippen LogP contribution in [0, 0.1) is 25.2 Å². The number of aryl methyl sites for hydroxylation is 2. The van der Waals surface area contributed by atoms with Crippen LogP contribution in [0.25, 0.3) is 5.82 Å². The van der Waals surface area contributed by atoms with Crippen LogP contribution >= 0.6 is 0 Å². The monoisotopic (exact) mass is 271 g/mol. The van der Waals surface area contributed by atoms with E-state index in [2.05, 4.69) is 26.5 Å². The zero-order valence-electron chi connectivity index (χ0n) is 11.8. The Hall–Kier alpha value is -2.62. The molecule has 0 fully saturated rings. The van der Waals surface area contributed by atoms with Gasteiger partial charge in [0, 0.05) is 18.3 Å². The van der Waals surface area contributed by atoms with Crippen LogP contribution < -0.4 is 11.1 Å². The third kappa shape index (κ3) is 2.54. The summed E-state index contributed by atoms with van der Waals surface area (Å²) in [6.45, 7) is 6.44. The van der Waals surface area contributed by atoms with Gasteiger partial charge in [-0.25, -0.2) is 9.97 Å². The number of nitriles is 1. The van der Waals surface area contributed by atoms with Crippen molar-refractivity contribution in [2.24, 2.45) is 0 Å². The van der Waals surface area contributed by atoms with Gasteiger partial charge in [-0.15, -0.1) is 5.10 Å². The topological polar surface area (TPSA) is 105 Å². The van der Waals surface area contributed by atoms with Crippen LogP contribution in [0.1, 0.15) is 30.4 Å². The van der Waals surface area contributed by atoms with E-state index < -0.39 is 0 Å². The van der Waals surface area contributed by atoms with E-state index in [1.807, 2.05) is 13.8 Å². The van der Waals surface area contributed by atoms with Crippen molar-refractivity contribution in [3.8, 4) is 11.9 Å². The summed E-state index contributed by atoms with van der Waals surface area (Å²) < 4.78 is 1.47. The van der Waals surface area contributed by atoms with E-state index in [0.717, 1.165) is 18.7 Å². The van der Waals surface area contributed by atoms with Gasteiger partial charge in [0.1, 0.15) is 23.3 Å². The smallest absolute Gasteiger partial charge is 0.168 e. The Balaban J connectivity index is 2.52. The van der Waals surface area contributed by atoms with Crippen LogP contribution in [-0.4, -0.2) is 26.3 Å². The molecule has 20 heavy (non-hydrogen) atoms. The predicted octanol–water partition coefficient (Wildman–Crippen LogP) is 1.55. The molecule has 0 aliphatic heterocycles. The predicted molar refractivity (Wildman–Crippen MR) is 76.5 cm³/mol. The van der Waals surface area contributed by atoms with E-state index in [1.165, 1.54) is 4.68 Å². The van der Waals surface area contributed by atoms with Crippen molar-refractivity contribution in [2.75, 3.05) is 17.6 Å². The summed E-state index contributed by atoms with van der Waals surface area (Å²) in [6.07, 6.45) is 0.934. The minimum atomic E-state index is 0.281. The van der Waals surface area contributed by atoms with E-state index in [9.17, 15) is 5.26 Å². The SMILES string of the molecule is CCCNc1nn(-c2cc(C)nc(C)n2)c(N)c1C#N. The van der Waals surface area contributed by atoms with E-state index >= 15 is 0 Å². The Labute approximate surface area is 117 Å².